The van der Waals surface area contributed by atoms with E-state index in [9.17, 15) is 5.11 Å². The minimum Gasteiger partial charge on any atom is -0.477 e. The topological polar surface area (TPSA) is 42.4 Å². The Morgan fingerprint density at radius 3 is 2.83 bits per heavy atom. The van der Waals surface area contributed by atoms with E-state index in [2.05, 4.69) is 29.2 Å². The van der Waals surface area contributed by atoms with E-state index in [1.54, 1.807) is 13.8 Å². The molecule has 0 unspecified atom stereocenters. The van der Waals surface area contributed by atoms with E-state index in [0.717, 1.165) is 17.5 Å². The molecule has 1 aliphatic rings. The van der Waals surface area contributed by atoms with Gasteiger partial charge in [0.1, 0.15) is 0 Å². The molecule has 0 saturated carbocycles. The normalized spacial score (nSPS) is 13.9. The van der Waals surface area contributed by atoms with E-state index >= 15 is 0 Å². The summed E-state index contributed by atoms with van der Waals surface area (Å²) in [6.07, 6.45) is 6.08. The SMILES string of the molecule is Cc1cc(-c2cccc3c2CCC3)cnc1OCCC(C)(C)O. The molecule has 3 heteroatoms. The maximum Gasteiger partial charge on any atom is 0.216 e. The standard InChI is InChI=1S/C20H25NO2/c1-14-12-16(13-21-19(14)23-11-10-20(2,3)22)18-9-5-7-15-6-4-8-17(15)18/h5,7,9,12-13,22H,4,6,8,10-11H2,1-3H3. The number of hydrogen-bond acceptors (Lipinski definition) is 3. The highest BCUT2D eigenvalue weighted by Crippen LogP contribution is 2.33. The Kier molecular flexibility index (Phi) is 4.40. The number of ether oxygens (including phenoxy) is 1. The van der Waals surface area contributed by atoms with Crippen molar-refractivity contribution in [2.75, 3.05) is 6.61 Å². The van der Waals surface area contributed by atoms with Crippen LogP contribution in [0.25, 0.3) is 11.1 Å². The summed E-state index contributed by atoms with van der Waals surface area (Å²) in [6.45, 7) is 6.07. The van der Waals surface area contributed by atoms with Crippen molar-refractivity contribution < 1.29 is 9.84 Å². The molecule has 0 amide bonds. The summed E-state index contributed by atoms with van der Waals surface area (Å²) in [7, 11) is 0. The van der Waals surface area contributed by atoms with Crippen molar-refractivity contribution in [2.45, 2.75) is 52.1 Å². The van der Waals surface area contributed by atoms with Gasteiger partial charge in [0.25, 0.3) is 0 Å². The number of hydrogen-bond donors (Lipinski definition) is 1. The van der Waals surface area contributed by atoms with E-state index in [0.29, 0.717) is 18.9 Å². The highest BCUT2D eigenvalue weighted by atomic mass is 16.5. The number of pyridine rings is 1. The van der Waals surface area contributed by atoms with Crippen LogP contribution in [-0.2, 0) is 12.8 Å². The number of rotatable bonds is 5. The number of aliphatic hydroxyl groups is 1. The average Bonchev–Trinajstić information content (AvgIpc) is 2.96. The molecular formula is C20H25NO2. The van der Waals surface area contributed by atoms with Gasteiger partial charge < -0.3 is 9.84 Å². The molecule has 122 valence electrons. The van der Waals surface area contributed by atoms with Gasteiger partial charge in [-0.15, -0.1) is 0 Å². The van der Waals surface area contributed by atoms with Crippen LogP contribution < -0.4 is 4.74 Å². The van der Waals surface area contributed by atoms with Gasteiger partial charge in [0.05, 0.1) is 12.2 Å². The Labute approximate surface area is 138 Å². The Morgan fingerprint density at radius 1 is 1.26 bits per heavy atom. The number of aryl methyl sites for hydroxylation is 2. The monoisotopic (exact) mass is 311 g/mol. The van der Waals surface area contributed by atoms with Gasteiger partial charge in [-0.3, -0.25) is 0 Å². The van der Waals surface area contributed by atoms with Gasteiger partial charge in [0.15, 0.2) is 0 Å². The zero-order valence-corrected chi connectivity index (χ0v) is 14.2. The van der Waals surface area contributed by atoms with Crippen LogP contribution in [0.4, 0.5) is 0 Å². The second-order valence-electron chi connectivity index (χ2n) is 7.05. The minimum absolute atomic E-state index is 0.470. The van der Waals surface area contributed by atoms with Crippen molar-refractivity contribution in [1.29, 1.82) is 0 Å². The second-order valence-corrected chi connectivity index (χ2v) is 7.05. The Bertz CT molecular complexity index is 701. The lowest BCUT2D eigenvalue weighted by molar-refractivity contribution is 0.0546. The molecule has 1 heterocycles. The second kappa shape index (κ2) is 6.32. The quantitative estimate of drug-likeness (QED) is 0.904. The first-order valence-corrected chi connectivity index (χ1v) is 8.37. The lowest BCUT2D eigenvalue weighted by Gasteiger charge is -2.17. The molecule has 3 nitrogen and oxygen atoms in total. The summed E-state index contributed by atoms with van der Waals surface area (Å²) in [5.74, 6) is 0.658. The van der Waals surface area contributed by atoms with Crippen LogP contribution in [0.15, 0.2) is 30.5 Å². The van der Waals surface area contributed by atoms with Gasteiger partial charge in [0, 0.05) is 23.7 Å². The highest BCUT2D eigenvalue weighted by molar-refractivity contribution is 5.70. The molecular weight excluding hydrogens is 286 g/mol. The molecule has 0 spiro atoms. The van der Waals surface area contributed by atoms with Crippen molar-refractivity contribution in [2.24, 2.45) is 0 Å². The highest BCUT2D eigenvalue weighted by Gasteiger charge is 2.17. The summed E-state index contributed by atoms with van der Waals surface area (Å²) in [4.78, 5) is 4.50. The fourth-order valence-corrected chi connectivity index (χ4v) is 3.15. The summed E-state index contributed by atoms with van der Waals surface area (Å²) < 4.78 is 5.73. The molecule has 1 aromatic heterocycles. The van der Waals surface area contributed by atoms with Crippen molar-refractivity contribution in [1.82, 2.24) is 4.98 Å². The van der Waals surface area contributed by atoms with Crippen molar-refractivity contribution in [3.05, 3.63) is 47.2 Å². The Hall–Kier alpha value is -1.87. The van der Waals surface area contributed by atoms with Crippen molar-refractivity contribution in [3.8, 4) is 17.0 Å². The first-order chi connectivity index (χ1) is 10.9. The fourth-order valence-electron chi connectivity index (χ4n) is 3.15. The average molecular weight is 311 g/mol. The lowest BCUT2D eigenvalue weighted by atomic mass is 9.97. The van der Waals surface area contributed by atoms with Crippen LogP contribution in [0.5, 0.6) is 5.88 Å². The molecule has 3 rings (SSSR count). The third-order valence-corrected chi connectivity index (χ3v) is 4.44. The maximum absolute atomic E-state index is 9.75. The lowest BCUT2D eigenvalue weighted by Crippen LogP contribution is -2.22. The van der Waals surface area contributed by atoms with Crippen LogP contribution in [0.3, 0.4) is 0 Å². The fraction of sp³-hybridized carbons (Fsp3) is 0.450. The first-order valence-electron chi connectivity index (χ1n) is 8.37. The van der Waals surface area contributed by atoms with E-state index in [1.807, 2.05) is 13.1 Å². The van der Waals surface area contributed by atoms with E-state index in [-0.39, 0.29) is 0 Å². The minimum atomic E-state index is -0.710. The van der Waals surface area contributed by atoms with Crippen LogP contribution in [-0.4, -0.2) is 22.3 Å². The van der Waals surface area contributed by atoms with Crippen LogP contribution in [0.1, 0.15) is 43.4 Å². The molecule has 2 aromatic rings. The molecule has 0 saturated heterocycles. The molecule has 1 aliphatic carbocycles. The molecule has 0 atom stereocenters. The molecule has 0 bridgehead atoms. The third-order valence-electron chi connectivity index (χ3n) is 4.44. The van der Waals surface area contributed by atoms with Gasteiger partial charge in [0.2, 0.25) is 5.88 Å². The molecule has 23 heavy (non-hydrogen) atoms. The summed E-state index contributed by atoms with van der Waals surface area (Å²) in [6, 6.07) is 8.72. The zero-order valence-electron chi connectivity index (χ0n) is 14.2. The van der Waals surface area contributed by atoms with Gasteiger partial charge >= 0.3 is 0 Å². The Balaban J connectivity index is 1.79. The number of fused-ring (bicyclic) bond motifs is 1. The molecule has 0 fully saturated rings. The number of aromatic nitrogens is 1. The molecule has 1 aromatic carbocycles. The molecule has 1 N–H and O–H groups in total. The predicted octanol–water partition coefficient (Wildman–Crippen LogP) is 4.09. The maximum atomic E-state index is 9.75. The van der Waals surface area contributed by atoms with E-state index in [1.165, 1.54) is 29.5 Å². The van der Waals surface area contributed by atoms with E-state index in [4.69, 9.17) is 4.74 Å². The zero-order chi connectivity index (χ0) is 16.4. The summed E-state index contributed by atoms with van der Waals surface area (Å²) in [5.41, 5.74) is 5.75. The summed E-state index contributed by atoms with van der Waals surface area (Å²) >= 11 is 0. The Morgan fingerprint density at radius 2 is 2.09 bits per heavy atom. The summed E-state index contributed by atoms with van der Waals surface area (Å²) in [5, 5.41) is 9.75. The van der Waals surface area contributed by atoms with Gasteiger partial charge in [-0.25, -0.2) is 4.98 Å². The van der Waals surface area contributed by atoms with Crippen LogP contribution in [0, 0.1) is 6.92 Å². The number of nitrogens with zero attached hydrogens (tertiary/aromatic N) is 1. The van der Waals surface area contributed by atoms with Gasteiger partial charge in [-0.2, -0.15) is 0 Å². The van der Waals surface area contributed by atoms with Gasteiger partial charge in [-0.05, 0) is 62.8 Å². The molecule has 0 radical (unpaired) electrons. The third kappa shape index (κ3) is 3.73. The van der Waals surface area contributed by atoms with Crippen molar-refractivity contribution in [3.63, 3.8) is 0 Å². The van der Waals surface area contributed by atoms with E-state index < -0.39 is 5.60 Å². The molecule has 0 aliphatic heterocycles. The van der Waals surface area contributed by atoms with Crippen LogP contribution in [0.2, 0.25) is 0 Å². The van der Waals surface area contributed by atoms with Crippen LogP contribution >= 0.6 is 0 Å². The van der Waals surface area contributed by atoms with Crippen molar-refractivity contribution >= 4 is 0 Å². The van der Waals surface area contributed by atoms with Gasteiger partial charge in [-0.1, -0.05) is 18.2 Å². The number of benzene rings is 1. The predicted molar refractivity (Wildman–Crippen MR) is 92.8 cm³/mol. The first kappa shape index (κ1) is 16.0. The largest absolute Gasteiger partial charge is 0.477 e. The smallest absolute Gasteiger partial charge is 0.216 e.